The highest BCUT2D eigenvalue weighted by Crippen LogP contribution is 2.16. The summed E-state index contributed by atoms with van der Waals surface area (Å²) in [5.74, 6) is -2.67. The fourth-order valence-corrected chi connectivity index (χ4v) is 1.64. The lowest BCUT2D eigenvalue weighted by molar-refractivity contribution is 0.0696. The predicted molar refractivity (Wildman–Crippen MR) is 61.2 cm³/mol. The number of hydrogen-bond donors (Lipinski definition) is 2. The molecule has 2 rings (SSSR count). The van der Waals surface area contributed by atoms with E-state index >= 15 is 0 Å². The Labute approximate surface area is 104 Å². The lowest BCUT2D eigenvalue weighted by Gasteiger charge is -2.05. The molecule has 6 nitrogen and oxygen atoms in total. The van der Waals surface area contributed by atoms with Gasteiger partial charge in [-0.05, 0) is 29.7 Å². The number of anilines is 1. The fraction of sp³-hybridized carbons (Fsp3) is 0. The summed E-state index contributed by atoms with van der Waals surface area (Å²) in [6.07, 6.45) is 0. The maximum Gasteiger partial charge on any atom is 0.335 e. The topological polar surface area (TPSA) is 92.2 Å². The quantitative estimate of drug-likeness (QED) is 0.881. The first-order chi connectivity index (χ1) is 8.58. The van der Waals surface area contributed by atoms with Gasteiger partial charge in [0.25, 0.3) is 5.91 Å². The molecule has 8 heteroatoms. The molecule has 0 aliphatic rings. The van der Waals surface area contributed by atoms with Gasteiger partial charge in [0.05, 0.1) is 11.3 Å². The highest BCUT2D eigenvalue weighted by molar-refractivity contribution is 7.03. The molecular weight excluding hydrogens is 261 g/mol. The highest BCUT2D eigenvalue weighted by atomic mass is 32.1. The summed E-state index contributed by atoms with van der Waals surface area (Å²) in [7, 11) is 0. The molecule has 1 aromatic carbocycles. The van der Waals surface area contributed by atoms with Gasteiger partial charge in [0.2, 0.25) is 0 Å². The van der Waals surface area contributed by atoms with Gasteiger partial charge in [-0.3, -0.25) is 4.79 Å². The number of amides is 1. The molecule has 0 bridgehead atoms. The molecule has 18 heavy (non-hydrogen) atoms. The second kappa shape index (κ2) is 4.88. The monoisotopic (exact) mass is 267 g/mol. The third-order valence-corrected chi connectivity index (χ3v) is 2.56. The summed E-state index contributed by atoms with van der Waals surface area (Å²) in [4.78, 5) is 22.2. The van der Waals surface area contributed by atoms with Crippen LogP contribution in [0, 0.1) is 5.82 Å². The Morgan fingerprint density at radius 2 is 2.17 bits per heavy atom. The van der Waals surface area contributed by atoms with Gasteiger partial charge in [-0.1, -0.05) is 4.49 Å². The zero-order chi connectivity index (χ0) is 13.1. The van der Waals surface area contributed by atoms with Crippen LogP contribution < -0.4 is 5.32 Å². The molecule has 0 saturated carbocycles. The molecule has 0 atom stereocenters. The summed E-state index contributed by atoms with van der Waals surface area (Å²) in [6.45, 7) is 0. The number of benzene rings is 1. The maximum atomic E-state index is 13.5. The van der Waals surface area contributed by atoms with E-state index in [0.717, 1.165) is 17.6 Å². The molecule has 2 aromatic rings. The standard InChI is InChI=1S/C10H6FN3O3S/c11-6-3-5(10(16)17)1-2-7(6)12-9(15)8-4-18-14-13-8/h1-4H,(H,12,15)(H,16,17). The first-order valence-corrected chi connectivity index (χ1v) is 5.53. The Morgan fingerprint density at radius 3 is 2.72 bits per heavy atom. The molecule has 1 amide bonds. The highest BCUT2D eigenvalue weighted by Gasteiger charge is 2.13. The lowest BCUT2D eigenvalue weighted by Crippen LogP contribution is -2.13. The molecular formula is C10H6FN3O3S. The Hall–Kier alpha value is -2.35. The molecule has 0 saturated heterocycles. The Morgan fingerprint density at radius 1 is 1.39 bits per heavy atom. The van der Waals surface area contributed by atoms with Crippen LogP contribution in [0.2, 0.25) is 0 Å². The number of carbonyl (C=O) groups is 2. The first kappa shape index (κ1) is 12.1. The average Bonchev–Trinajstić information content (AvgIpc) is 2.85. The van der Waals surface area contributed by atoms with Crippen molar-refractivity contribution in [3.05, 3.63) is 40.7 Å². The van der Waals surface area contributed by atoms with Crippen LogP contribution in [0.5, 0.6) is 0 Å². The van der Waals surface area contributed by atoms with Crippen LogP contribution in [0.1, 0.15) is 20.8 Å². The minimum Gasteiger partial charge on any atom is -0.478 e. The fourth-order valence-electron chi connectivity index (χ4n) is 1.20. The summed E-state index contributed by atoms with van der Waals surface area (Å²) in [5.41, 5.74) is -0.236. The smallest absolute Gasteiger partial charge is 0.335 e. The van der Waals surface area contributed by atoms with E-state index in [0.29, 0.717) is 0 Å². The third kappa shape index (κ3) is 2.48. The number of rotatable bonds is 3. The van der Waals surface area contributed by atoms with Crippen LogP contribution in [0.25, 0.3) is 0 Å². The number of carboxylic acids is 1. The summed E-state index contributed by atoms with van der Waals surface area (Å²) >= 11 is 0.996. The number of aromatic nitrogens is 2. The molecule has 0 fully saturated rings. The zero-order valence-corrected chi connectivity index (χ0v) is 9.57. The normalized spacial score (nSPS) is 10.1. The summed E-state index contributed by atoms with van der Waals surface area (Å²) < 4.78 is 17.0. The maximum absolute atomic E-state index is 13.5. The second-order valence-corrected chi connectivity index (χ2v) is 3.85. The largest absolute Gasteiger partial charge is 0.478 e. The molecule has 92 valence electrons. The second-order valence-electron chi connectivity index (χ2n) is 3.24. The van der Waals surface area contributed by atoms with Crippen LogP contribution in [0.3, 0.4) is 0 Å². The molecule has 1 aromatic heterocycles. The van der Waals surface area contributed by atoms with Gasteiger partial charge in [-0.2, -0.15) is 0 Å². The summed E-state index contributed by atoms with van der Waals surface area (Å²) in [6, 6.07) is 3.20. The molecule has 0 aliphatic heterocycles. The Balaban J connectivity index is 2.20. The Kier molecular flexibility index (Phi) is 3.28. The number of nitrogens with zero attached hydrogens (tertiary/aromatic N) is 2. The van der Waals surface area contributed by atoms with Crippen LogP contribution >= 0.6 is 11.5 Å². The number of nitrogens with one attached hydrogen (secondary N) is 1. The molecule has 0 spiro atoms. The van der Waals surface area contributed by atoms with Crippen molar-refractivity contribution in [2.75, 3.05) is 5.32 Å². The number of hydrogen-bond acceptors (Lipinski definition) is 5. The molecule has 1 heterocycles. The lowest BCUT2D eigenvalue weighted by atomic mass is 10.2. The predicted octanol–water partition coefficient (Wildman–Crippen LogP) is 1.63. The van der Waals surface area contributed by atoms with Gasteiger partial charge >= 0.3 is 5.97 Å². The average molecular weight is 267 g/mol. The SMILES string of the molecule is O=C(O)c1ccc(NC(=O)c2csnn2)c(F)c1. The van der Waals surface area contributed by atoms with E-state index in [2.05, 4.69) is 14.9 Å². The zero-order valence-electron chi connectivity index (χ0n) is 8.75. The van der Waals surface area contributed by atoms with Crippen molar-refractivity contribution in [1.82, 2.24) is 9.59 Å². The molecule has 2 N–H and O–H groups in total. The van der Waals surface area contributed by atoms with Gasteiger partial charge in [-0.15, -0.1) is 5.10 Å². The van der Waals surface area contributed by atoms with Crippen molar-refractivity contribution in [2.24, 2.45) is 0 Å². The molecule has 0 radical (unpaired) electrons. The molecule has 0 unspecified atom stereocenters. The van der Waals surface area contributed by atoms with Crippen molar-refractivity contribution in [3.63, 3.8) is 0 Å². The van der Waals surface area contributed by atoms with Crippen molar-refractivity contribution in [1.29, 1.82) is 0 Å². The number of halogens is 1. The Bertz CT molecular complexity index is 600. The van der Waals surface area contributed by atoms with Crippen molar-refractivity contribution in [3.8, 4) is 0 Å². The molecule has 0 aliphatic carbocycles. The van der Waals surface area contributed by atoms with Crippen molar-refractivity contribution < 1.29 is 19.1 Å². The van der Waals surface area contributed by atoms with E-state index in [1.54, 1.807) is 0 Å². The number of carboxylic acid groups (broad SMARTS) is 1. The first-order valence-electron chi connectivity index (χ1n) is 4.69. The van der Waals surface area contributed by atoms with E-state index in [-0.39, 0.29) is 16.9 Å². The van der Waals surface area contributed by atoms with Gasteiger partial charge in [0.15, 0.2) is 5.69 Å². The van der Waals surface area contributed by atoms with Gasteiger partial charge in [0.1, 0.15) is 5.82 Å². The minimum absolute atomic E-state index is 0.0710. The van der Waals surface area contributed by atoms with E-state index in [1.807, 2.05) is 0 Å². The van der Waals surface area contributed by atoms with E-state index in [1.165, 1.54) is 17.5 Å². The van der Waals surface area contributed by atoms with Crippen molar-refractivity contribution >= 4 is 29.1 Å². The van der Waals surface area contributed by atoms with Crippen LogP contribution in [-0.2, 0) is 0 Å². The van der Waals surface area contributed by atoms with Gasteiger partial charge in [-0.25, -0.2) is 9.18 Å². The van der Waals surface area contributed by atoms with E-state index < -0.39 is 17.7 Å². The van der Waals surface area contributed by atoms with Gasteiger partial charge < -0.3 is 10.4 Å². The third-order valence-electron chi connectivity index (χ3n) is 2.06. The van der Waals surface area contributed by atoms with Crippen LogP contribution in [0.4, 0.5) is 10.1 Å². The number of aromatic carboxylic acids is 1. The minimum atomic E-state index is -1.24. The van der Waals surface area contributed by atoms with Gasteiger partial charge in [0, 0.05) is 5.38 Å². The van der Waals surface area contributed by atoms with E-state index in [4.69, 9.17) is 5.11 Å². The van der Waals surface area contributed by atoms with Crippen molar-refractivity contribution in [2.45, 2.75) is 0 Å². The number of carbonyl (C=O) groups excluding carboxylic acids is 1. The van der Waals surface area contributed by atoms with Crippen LogP contribution in [-0.4, -0.2) is 26.6 Å². The summed E-state index contributed by atoms with van der Waals surface area (Å²) in [5, 5.41) is 15.9. The van der Waals surface area contributed by atoms with Crippen LogP contribution in [0.15, 0.2) is 23.6 Å². The van der Waals surface area contributed by atoms with E-state index in [9.17, 15) is 14.0 Å².